The lowest BCUT2D eigenvalue weighted by Gasteiger charge is -2.23. The maximum absolute atomic E-state index is 13.3. The molecule has 1 aromatic carbocycles. The molecule has 0 bridgehead atoms. The van der Waals surface area contributed by atoms with Gasteiger partial charge < -0.3 is 4.74 Å². The molecule has 2 aromatic rings. The van der Waals surface area contributed by atoms with Crippen LogP contribution in [0.25, 0.3) is 0 Å². The summed E-state index contributed by atoms with van der Waals surface area (Å²) in [5.41, 5.74) is 0.535. The number of aromatic nitrogens is 2. The van der Waals surface area contributed by atoms with Crippen LogP contribution >= 0.6 is 0 Å². The Bertz CT molecular complexity index is 721. The van der Waals surface area contributed by atoms with E-state index in [4.69, 9.17) is 4.74 Å². The zero-order valence-electron chi connectivity index (χ0n) is 11.0. The van der Waals surface area contributed by atoms with Crippen molar-refractivity contribution in [3.05, 3.63) is 48.0 Å². The van der Waals surface area contributed by atoms with E-state index in [1.54, 1.807) is 6.07 Å². The van der Waals surface area contributed by atoms with Crippen molar-refractivity contribution in [1.29, 1.82) is 0 Å². The van der Waals surface area contributed by atoms with Crippen LogP contribution in [0.2, 0.25) is 0 Å². The number of fused-ring (bicyclic) bond motifs is 1. The van der Waals surface area contributed by atoms with E-state index < -0.39 is 23.8 Å². The van der Waals surface area contributed by atoms with E-state index >= 15 is 0 Å². The maximum Gasteiger partial charge on any atom is 0.304 e. The van der Waals surface area contributed by atoms with Crippen LogP contribution in [-0.4, -0.2) is 27.9 Å². The molecule has 0 amide bonds. The summed E-state index contributed by atoms with van der Waals surface area (Å²) in [4.78, 5) is 33.0. The Kier molecular flexibility index (Phi) is 3.09. The van der Waals surface area contributed by atoms with Gasteiger partial charge in [0.05, 0.1) is 11.3 Å². The fourth-order valence-corrected chi connectivity index (χ4v) is 2.18. The molecule has 1 unspecified atom stereocenters. The molecule has 7 heteroatoms. The molecule has 0 spiro atoms. The quantitative estimate of drug-likeness (QED) is 0.785. The van der Waals surface area contributed by atoms with E-state index in [1.807, 2.05) is 0 Å². The summed E-state index contributed by atoms with van der Waals surface area (Å²) in [6.45, 7) is 1.20. The molecule has 3 rings (SSSR count). The number of carbonyl (C=O) groups is 2. The minimum absolute atomic E-state index is 0.133. The number of ketones is 1. The Morgan fingerprint density at radius 2 is 2.05 bits per heavy atom. The van der Waals surface area contributed by atoms with E-state index in [2.05, 4.69) is 9.97 Å². The van der Waals surface area contributed by atoms with Gasteiger partial charge in [-0.05, 0) is 24.3 Å². The summed E-state index contributed by atoms with van der Waals surface area (Å²) in [6.07, 6.45) is 1.78. The first kappa shape index (κ1) is 13.2. The molecule has 0 saturated heterocycles. The van der Waals surface area contributed by atoms with Gasteiger partial charge in [-0.3, -0.25) is 14.5 Å². The second-order valence-corrected chi connectivity index (χ2v) is 4.41. The minimum Gasteiger partial charge on any atom is -0.433 e. The second kappa shape index (κ2) is 4.93. The van der Waals surface area contributed by atoms with Crippen LogP contribution in [0.5, 0.6) is 0 Å². The highest BCUT2D eigenvalue weighted by atomic mass is 19.1. The third-order valence-electron chi connectivity index (χ3n) is 2.99. The number of ether oxygens (including phenoxy) is 1. The molecule has 1 aromatic heterocycles. The van der Waals surface area contributed by atoms with Crippen LogP contribution in [0.4, 0.5) is 16.0 Å². The number of Topliss-reactive ketones (excluding diaryl/α,β-unsaturated/α-hetero) is 1. The smallest absolute Gasteiger partial charge is 0.304 e. The molecule has 1 atom stereocenters. The summed E-state index contributed by atoms with van der Waals surface area (Å²) < 4.78 is 18.4. The molecule has 0 N–H and O–H groups in total. The molecule has 21 heavy (non-hydrogen) atoms. The number of anilines is 2. The molecule has 0 aliphatic carbocycles. The normalized spacial score (nSPS) is 16.8. The first-order valence-corrected chi connectivity index (χ1v) is 6.15. The molecule has 0 saturated carbocycles. The summed E-state index contributed by atoms with van der Waals surface area (Å²) in [7, 11) is 0. The van der Waals surface area contributed by atoms with Gasteiger partial charge in [0.25, 0.3) is 0 Å². The Morgan fingerprint density at radius 3 is 2.71 bits per heavy atom. The summed E-state index contributed by atoms with van der Waals surface area (Å²) in [5, 5.41) is 0. The lowest BCUT2D eigenvalue weighted by atomic mass is 10.1. The molecule has 1 aliphatic rings. The Labute approximate surface area is 119 Å². The van der Waals surface area contributed by atoms with E-state index in [0.29, 0.717) is 5.69 Å². The molecular formula is C14H10FN3O3. The summed E-state index contributed by atoms with van der Waals surface area (Å²) in [5.74, 6) is -1.48. The number of hydrogen-bond acceptors (Lipinski definition) is 6. The number of nitrogens with zero attached hydrogens (tertiary/aromatic N) is 3. The van der Waals surface area contributed by atoms with Crippen LogP contribution in [-0.2, 0) is 9.53 Å². The zero-order valence-corrected chi connectivity index (χ0v) is 11.0. The Balaban J connectivity index is 2.14. The van der Waals surface area contributed by atoms with Gasteiger partial charge in [-0.1, -0.05) is 0 Å². The minimum atomic E-state index is -1.22. The van der Waals surface area contributed by atoms with Crippen LogP contribution in [0.15, 0.2) is 36.7 Å². The molecule has 0 radical (unpaired) electrons. The summed E-state index contributed by atoms with van der Waals surface area (Å²) in [6, 6.07) is 5.38. The number of carbonyl (C=O) groups excluding carboxylic acids is 2. The van der Waals surface area contributed by atoms with Crippen molar-refractivity contribution in [1.82, 2.24) is 9.97 Å². The lowest BCUT2D eigenvalue weighted by molar-refractivity contribution is -0.143. The van der Waals surface area contributed by atoms with Crippen LogP contribution in [0.3, 0.4) is 0 Å². The van der Waals surface area contributed by atoms with Crippen LogP contribution in [0, 0.1) is 5.82 Å². The van der Waals surface area contributed by atoms with E-state index in [-0.39, 0.29) is 11.5 Å². The van der Waals surface area contributed by atoms with Crippen molar-refractivity contribution in [3.63, 3.8) is 0 Å². The van der Waals surface area contributed by atoms with E-state index in [0.717, 1.165) is 6.07 Å². The molecule has 106 valence electrons. The van der Waals surface area contributed by atoms with Crippen molar-refractivity contribution >= 4 is 23.4 Å². The predicted octanol–water partition coefficient (Wildman–Crippen LogP) is 1.84. The third-order valence-corrected chi connectivity index (χ3v) is 2.99. The maximum atomic E-state index is 13.3. The van der Waals surface area contributed by atoms with Gasteiger partial charge in [-0.25, -0.2) is 14.4 Å². The zero-order chi connectivity index (χ0) is 15.0. The van der Waals surface area contributed by atoms with Gasteiger partial charge in [0, 0.05) is 19.3 Å². The largest absolute Gasteiger partial charge is 0.433 e. The third kappa shape index (κ3) is 2.22. The first-order chi connectivity index (χ1) is 10.1. The average molecular weight is 287 g/mol. The van der Waals surface area contributed by atoms with Crippen molar-refractivity contribution in [2.75, 3.05) is 4.90 Å². The van der Waals surface area contributed by atoms with Crippen LogP contribution in [0.1, 0.15) is 17.3 Å². The molecular weight excluding hydrogens is 277 g/mol. The number of esters is 1. The number of rotatable bonds is 2. The Hall–Kier alpha value is -2.83. The Morgan fingerprint density at radius 1 is 1.33 bits per heavy atom. The van der Waals surface area contributed by atoms with Gasteiger partial charge in [-0.15, -0.1) is 0 Å². The number of halogens is 1. The highest BCUT2D eigenvalue weighted by Crippen LogP contribution is 2.37. The van der Waals surface area contributed by atoms with Gasteiger partial charge >= 0.3 is 5.97 Å². The van der Waals surface area contributed by atoms with E-state index in [9.17, 15) is 14.0 Å². The number of hydrogen-bond donors (Lipinski definition) is 0. The topological polar surface area (TPSA) is 72.4 Å². The van der Waals surface area contributed by atoms with Crippen molar-refractivity contribution in [3.8, 4) is 0 Å². The fraction of sp³-hybridized carbons (Fsp3) is 0.143. The van der Waals surface area contributed by atoms with Crippen molar-refractivity contribution < 1.29 is 18.7 Å². The monoisotopic (exact) mass is 287 g/mol. The molecule has 1 aliphatic heterocycles. The highest BCUT2D eigenvalue weighted by molar-refractivity contribution is 6.12. The van der Waals surface area contributed by atoms with Gasteiger partial charge in [0.2, 0.25) is 18.0 Å². The first-order valence-electron chi connectivity index (χ1n) is 6.15. The number of benzene rings is 1. The standard InChI is InChI=1S/C14H10FN3O3/c1-8(19)21-13-12(20)10-7-9(15)3-4-11(10)18(13)14-16-5-2-6-17-14/h2-7,13H,1H3. The average Bonchev–Trinajstić information content (AvgIpc) is 2.72. The summed E-state index contributed by atoms with van der Waals surface area (Å²) >= 11 is 0. The lowest BCUT2D eigenvalue weighted by Crippen LogP contribution is -2.36. The predicted molar refractivity (Wildman–Crippen MR) is 70.5 cm³/mol. The van der Waals surface area contributed by atoms with Crippen molar-refractivity contribution in [2.45, 2.75) is 13.2 Å². The fourth-order valence-electron chi connectivity index (χ4n) is 2.18. The SMILES string of the molecule is CC(=O)OC1C(=O)c2cc(F)ccc2N1c1ncccn1. The van der Waals surface area contributed by atoms with E-state index in [1.165, 1.54) is 36.4 Å². The van der Waals surface area contributed by atoms with Crippen LogP contribution < -0.4 is 4.90 Å². The van der Waals surface area contributed by atoms with Gasteiger partial charge in [-0.2, -0.15) is 0 Å². The molecule has 6 nitrogen and oxygen atoms in total. The van der Waals surface area contributed by atoms with Crippen molar-refractivity contribution in [2.24, 2.45) is 0 Å². The highest BCUT2D eigenvalue weighted by Gasteiger charge is 2.42. The molecule has 0 fully saturated rings. The second-order valence-electron chi connectivity index (χ2n) is 4.41. The van der Waals surface area contributed by atoms with Gasteiger partial charge in [0.15, 0.2) is 0 Å². The molecule has 2 heterocycles. The van der Waals surface area contributed by atoms with Gasteiger partial charge in [0.1, 0.15) is 5.82 Å².